The number of allylic oxidation sites excluding steroid dienone is 1. The van der Waals surface area contributed by atoms with Gasteiger partial charge in [-0.2, -0.15) is 0 Å². The molecule has 260 valence electrons. The van der Waals surface area contributed by atoms with Crippen LogP contribution in [0.15, 0.2) is 176 Å². The molecular weight excluding hydrogens is 639 g/mol. The molecule has 0 aliphatic heterocycles. The summed E-state index contributed by atoms with van der Waals surface area (Å²) in [5.41, 5.74) is 15.4. The monoisotopic (exact) mass is 685 g/mol. The zero-order chi connectivity index (χ0) is 36.7. The first-order valence-electron chi connectivity index (χ1n) is 18.8. The average Bonchev–Trinajstić information content (AvgIpc) is 3.71. The summed E-state index contributed by atoms with van der Waals surface area (Å²) in [4.78, 5) is 2.38. The van der Waals surface area contributed by atoms with E-state index in [0.29, 0.717) is 0 Å². The van der Waals surface area contributed by atoms with Crippen molar-refractivity contribution < 1.29 is 0 Å². The molecule has 0 saturated carbocycles. The largest absolute Gasteiger partial charge is 0.310 e. The summed E-state index contributed by atoms with van der Waals surface area (Å²) in [5.74, 6) is 0. The lowest BCUT2D eigenvalue weighted by Crippen LogP contribution is -2.11. The maximum Gasteiger partial charge on any atom is 0.0536 e. The molecule has 8 aromatic rings. The molecule has 1 aliphatic rings. The van der Waals surface area contributed by atoms with E-state index in [4.69, 9.17) is 0 Å². The zero-order valence-corrected chi connectivity index (χ0v) is 31.5. The number of anilines is 3. The van der Waals surface area contributed by atoms with Crippen LogP contribution in [0.2, 0.25) is 0 Å². The van der Waals surface area contributed by atoms with Gasteiger partial charge in [-0.1, -0.05) is 171 Å². The third kappa shape index (κ3) is 7.30. The van der Waals surface area contributed by atoms with Gasteiger partial charge in [0, 0.05) is 16.9 Å². The van der Waals surface area contributed by atoms with Gasteiger partial charge in [0.05, 0.1) is 5.69 Å². The van der Waals surface area contributed by atoms with E-state index in [0.717, 1.165) is 6.42 Å². The Kier molecular flexibility index (Phi) is 10.6. The first-order valence-corrected chi connectivity index (χ1v) is 18.8. The van der Waals surface area contributed by atoms with Crippen molar-refractivity contribution in [2.45, 2.75) is 41.0 Å². The van der Waals surface area contributed by atoms with Crippen molar-refractivity contribution in [3.63, 3.8) is 0 Å². The van der Waals surface area contributed by atoms with E-state index in [1.807, 2.05) is 13.8 Å². The molecule has 0 unspecified atom stereocenters. The predicted molar refractivity (Wildman–Crippen MR) is 232 cm³/mol. The summed E-state index contributed by atoms with van der Waals surface area (Å²) in [6, 6.07) is 61.0. The normalized spacial score (nSPS) is 11.3. The van der Waals surface area contributed by atoms with Crippen LogP contribution in [0.1, 0.15) is 41.7 Å². The quantitative estimate of drug-likeness (QED) is 0.174. The van der Waals surface area contributed by atoms with Gasteiger partial charge in [0.25, 0.3) is 0 Å². The summed E-state index contributed by atoms with van der Waals surface area (Å²) in [5, 5.41) is 5.32. The average molecular weight is 686 g/mol. The Labute approximate surface area is 315 Å². The second-order valence-electron chi connectivity index (χ2n) is 13.5. The molecule has 0 spiro atoms. The number of fused-ring (bicyclic) bond motifs is 3. The molecule has 9 rings (SSSR count). The Morgan fingerprint density at radius 1 is 0.491 bits per heavy atom. The van der Waals surface area contributed by atoms with Gasteiger partial charge in [-0.05, 0) is 118 Å². The minimum Gasteiger partial charge on any atom is -0.310 e. The highest BCUT2D eigenvalue weighted by atomic mass is 15.1. The van der Waals surface area contributed by atoms with Crippen LogP contribution in [0.3, 0.4) is 0 Å². The van der Waals surface area contributed by atoms with Gasteiger partial charge in [0.15, 0.2) is 0 Å². The van der Waals surface area contributed by atoms with Crippen molar-refractivity contribution in [2.75, 3.05) is 4.90 Å². The fourth-order valence-corrected chi connectivity index (χ4v) is 7.52. The van der Waals surface area contributed by atoms with Crippen molar-refractivity contribution >= 4 is 44.7 Å². The van der Waals surface area contributed by atoms with E-state index in [1.54, 1.807) is 0 Å². The minimum atomic E-state index is 1.01. The Balaban J connectivity index is 0.000000162. The lowest BCUT2D eigenvalue weighted by molar-refractivity contribution is 1.24. The Bertz CT molecular complexity index is 2520. The molecule has 0 saturated heterocycles. The molecule has 0 N–H and O–H groups in total. The number of benzene rings is 8. The standard InChI is InChI=1S/C28H23N.C22H18.C2H6/c1-21-16-18-25(19-17-21)29(28-15-7-11-23-10-6-14-27(23)28)26-13-5-12-24(20-26)22-8-3-2-4-9-22;1-15-7-5-9-18-10-6-12-21(22(15)18)20-14-13-17-8-3-4-11-19(17)16(20)2;1-2/h2-9,11-20H,10H2,1H3;3-14H,1-2H3;1-2H3. The van der Waals surface area contributed by atoms with Crippen LogP contribution < -0.4 is 4.90 Å². The van der Waals surface area contributed by atoms with Crippen molar-refractivity contribution in [1.82, 2.24) is 0 Å². The fourth-order valence-electron chi connectivity index (χ4n) is 7.52. The van der Waals surface area contributed by atoms with E-state index in [-0.39, 0.29) is 0 Å². The predicted octanol–water partition coefficient (Wildman–Crippen LogP) is 15.0. The molecule has 1 nitrogen and oxygen atoms in total. The Morgan fingerprint density at radius 3 is 1.98 bits per heavy atom. The lowest BCUT2D eigenvalue weighted by Gasteiger charge is -2.28. The maximum absolute atomic E-state index is 2.38. The number of hydrogen-bond acceptors (Lipinski definition) is 1. The number of rotatable bonds is 5. The molecule has 0 aromatic heterocycles. The Hall–Kier alpha value is -6.18. The fraction of sp³-hybridized carbons (Fsp3) is 0.115. The van der Waals surface area contributed by atoms with Crippen molar-refractivity contribution in [3.8, 4) is 22.3 Å². The topological polar surface area (TPSA) is 3.24 Å². The summed E-state index contributed by atoms with van der Waals surface area (Å²) in [6.45, 7) is 10.6. The second kappa shape index (κ2) is 16.0. The Morgan fingerprint density at radius 2 is 1.17 bits per heavy atom. The van der Waals surface area contributed by atoms with Crippen LogP contribution in [-0.4, -0.2) is 0 Å². The van der Waals surface area contributed by atoms with Gasteiger partial charge < -0.3 is 4.90 Å². The molecule has 0 amide bonds. The highest BCUT2D eigenvalue weighted by Gasteiger charge is 2.19. The molecular formula is C52H47N. The van der Waals surface area contributed by atoms with Crippen molar-refractivity contribution in [3.05, 3.63) is 204 Å². The number of hydrogen-bond donors (Lipinski definition) is 0. The van der Waals surface area contributed by atoms with Crippen molar-refractivity contribution in [2.24, 2.45) is 0 Å². The van der Waals surface area contributed by atoms with E-state index in [2.05, 4.69) is 208 Å². The first-order chi connectivity index (χ1) is 26.0. The maximum atomic E-state index is 2.38. The second-order valence-corrected chi connectivity index (χ2v) is 13.5. The van der Waals surface area contributed by atoms with Crippen LogP contribution in [0, 0.1) is 20.8 Å². The summed E-state index contributed by atoms with van der Waals surface area (Å²) in [6.07, 6.45) is 5.52. The molecule has 0 radical (unpaired) electrons. The highest BCUT2D eigenvalue weighted by molar-refractivity contribution is 6.02. The molecule has 8 aromatic carbocycles. The number of nitrogens with zero attached hydrogens (tertiary/aromatic N) is 1. The lowest BCUT2D eigenvalue weighted by atomic mass is 9.90. The van der Waals surface area contributed by atoms with E-state index in [1.165, 1.54) is 88.7 Å². The van der Waals surface area contributed by atoms with E-state index in [9.17, 15) is 0 Å². The zero-order valence-electron chi connectivity index (χ0n) is 31.5. The summed E-state index contributed by atoms with van der Waals surface area (Å²) < 4.78 is 0. The molecule has 0 atom stereocenters. The van der Waals surface area contributed by atoms with Gasteiger partial charge in [-0.25, -0.2) is 0 Å². The van der Waals surface area contributed by atoms with Crippen LogP contribution in [0.5, 0.6) is 0 Å². The van der Waals surface area contributed by atoms with Gasteiger partial charge in [0.1, 0.15) is 0 Å². The first kappa shape index (κ1) is 35.2. The SMILES string of the molecule is CC.Cc1c(-c2cccc3cccc(C)c23)ccc2ccccc12.Cc1ccc(N(c2cccc(-c3ccccc3)c2)c2cccc3c2C=CC3)cc1. The van der Waals surface area contributed by atoms with Gasteiger partial charge in [-0.3, -0.25) is 0 Å². The van der Waals surface area contributed by atoms with Crippen LogP contribution in [0.4, 0.5) is 17.1 Å². The van der Waals surface area contributed by atoms with Crippen LogP contribution >= 0.6 is 0 Å². The number of aryl methyl sites for hydroxylation is 3. The summed E-state index contributed by atoms with van der Waals surface area (Å²) >= 11 is 0. The third-order valence-electron chi connectivity index (χ3n) is 10.1. The molecule has 0 heterocycles. The van der Waals surface area contributed by atoms with Gasteiger partial charge in [0.2, 0.25) is 0 Å². The molecule has 1 aliphatic carbocycles. The minimum absolute atomic E-state index is 1.01. The smallest absolute Gasteiger partial charge is 0.0536 e. The molecule has 0 bridgehead atoms. The highest BCUT2D eigenvalue weighted by Crippen LogP contribution is 2.41. The third-order valence-corrected chi connectivity index (χ3v) is 10.1. The van der Waals surface area contributed by atoms with Crippen molar-refractivity contribution in [1.29, 1.82) is 0 Å². The van der Waals surface area contributed by atoms with E-state index < -0.39 is 0 Å². The van der Waals surface area contributed by atoms with Crippen LogP contribution in [-0.2, 0) is 6.42 Å². The van der Waals surface area contributed by atoms with Crippen LogP contribution in [0.25, 0.3) is 49.9 Å². The van der Waals surface area contributed by atoms with Gasteiger partial charge >= 0.3 is 0 Å². The van der Waals surface area contributed by atoms with E-state index >= 15 is 0 Å². The van der Waals surface area contributed by atoms with Gasteiger partial charge in [-0.15, -0.1) is 0 Å². The molecule has 1 heteroatoms. The molecule has 0 fully saturated rings. The summed E-state index contributed by atoms with van der Waals surface area (Å²) in [7, 11) is 0. The molecule has 53 heavy (non-hydrogen) atoms.